The summed E-state index contributed by atoms with van der Waals surface area (Å²) < 4.78 is 11.9. The minimum Gasteiger partial charge on any atom is -0.352 e. The van der Waals surface area contributed by atoms with Gasteiger partial charge in [-0.25, -0.2) is 0 Å². The van der Waals surface area contributed by atoms with Crippen molar-refractivity contribution in [2.45, 2.75) is 66.3 Å². The van der Waals surface area contributed by atoms with Crippen molar-refractivity contribution in [1.29, 1.82) is 0 Å². The first-order chi connectivity index (χ1) is 7.61. The van der Waals surface area contributed by atoms with Gasteiger partial charge in [0.25, 0.3) is 0 Å². The summed E-state index contributed by atoms with van der Waals surface area (Å²) in [6.07, 6.45) is 3.80. The second-order valence-corrected chi connectivity index (χ2v) is 5.25. The zero-order chi connectivity index (χ0) is 12.1. The van der Waals surface area contributed by atoms with Gasteiger partial charge in [0.15, 0.2) is 6.29 Å². The first kappa shape index (κ1) is 14.0. The van der Waals surface area contributed by atoms with Crippen molar-refractivity contribution < 1.29 is 9.47 Å². The molecule has 0 aromatic carbocycles. The van der Waals surface area contributed by atoms with Crippen LogP contribution in [0, 0.1) is 17.8 Å². The molecule has 2 unspecified atom stereocenters. The molecule has 5 atom stereocenters. The Kier molecular flexibility index (Phi) is 5.77. The predicted molar refractivity (Wildman–Crippen MR) is 67.3 cm³/mol. The van der Waals surface area contributed by atoms with Crippen LogP contribution in [-0.2, 0) is 9.47 Å². The van der Waals surface area contributed by atoms with Gasteiger partial charge in [0, 0.05) is 12.5 Å². The third-order valence-corrected chi connectivity index (χ3v) is 4.17. The van der Waals surface area contributed by atoms with Crippen LogP contribution >= 0.6 is 0 Å². The maximum atomic E-state index is 6.05. The van der Waals surface area contributed by atoms with E-state index in [1.54, 1.807) is 0 Å². The van der Waals surface area contributed by atoms with Crippen LogP contribution in [0.2, 0.25) is 0 Å². The normalized spacial score (nSPS) is 39.9. The van der Waals surface area contributed by atoms with Gasteiger partial charge in [-0.15, -0.1) is 0 Å². The highest BCUT2D eigenvalue weighted by Crippen LogP contribution is 2.36. The molecule has 0 N–H and O–H groups in total. The highest BCUT2D eigenvalue weighted by Gasteiger charge is 2.38. The van der Waals surface area contributed by atoms with E-state index in [9.17, 15) is 0 Å². The molecule has 0 bridgehead atoms. The van der Waals surface area contributed by atoms with E-state index in [2.05, 4.69) is 34.6 Å². The van der Waals surface area contributed by atoms with E-state index in [1.807, 2.05) is 0 Å². The fraction of sp³-hybridized carbons (Fsp3) is 1.00. The van der Waals surface area contributed by atoms with Gasteiger partial charge in [-0.1, -0.05) is 41.0 Å². The fourth-order valence-corrected chi connectivity index (χ4v) is 2.49. The summed E-state index contributed by atoms with van der Waals surface area (Å²) in [7, 11) is 0. The van der Waals surface area contributed by atoms with E-state index in [4.69, 9.17) is 9.47 Å². The second kappa shape index (κ2) is 6.61. The molecule has 96 valence electrons. The minimum absolute atomic E-state index is 0.0164. The van der Waals surface area contributed by atoms with Crippen molar-refractivity contribution in [2.24, 2.45) is 17.8 Å². The van der Waals surface area contributed by atoms with E-state index in [0.717, 1.165) is 19.4 Å². The first-order valence-electron chi connectivity index (χ1n) is 6.88. The summed E-state index contributed by atoms with van der Waals surface area (Å²) >= 11 is 0. The lowest BCUT2D eigenvalue weighted by Gasteiger charge is -2.43. The lowest BCUT2D eigenvalue weighted by atomic mass is 9.78. The summed E-state index contributed by atoms with van der Waals surface area (Å²) in [6.45, 7) is 12.1. The maximum absolute atomic E-state index is 6.05. The Morgan fingerprint density at radius 3 is 2.25 bits per heavy atom. The summed E-state index contributed by atoms with van der Waals surface area (Å²) in [4.78, 5) is 0. The van der Waals surface area contributed by atoms with E-state index in [1.165, 1.54) is 6.42 Å². The molecule has 1 rings (SSSR count). The Labute approximate surface area is 101 Å². The summed E-state index contributed by atoms with van der Waals surface area (Å²) in [5.74, 6) is 1.84. The number of rotatable bonds is 5. The van der Waals surface area contributed by atoms with Crippen LogP contribution in [0.15, 0.2) is 0 Å². The lowest BCUT2D eigenvalue weighted by molar-refractivity contribution is -0.248. The summed E-state index contributed by atoms with van der Waals surface area (Å²) in [5.41, 5.74) is 0. The smallest absolute Gasteiger partial charge is 0.160 e. The van der Waals surface area contributed by atoms with Crippen molar-refractivity contribution in [2.75, 3.05) is 6.61 Å². The fourth-order valence-electron chi connectivity index (χ4n) is 2.49. The lowest BCUT2D eigenvalue weighted by Crippen LogP contribution is -2.45. The zero-order valence-electron chi connectivity index (χ0n) is 11.5. The van der Waals surface area contributed by atoms with Gasteiger partial charge in [0.05, 0.1) is 6.10 Å². The molecule has 2 heteroatoms. The van der Waals surface area contributed by atoms with E-state index < -0.39 is 0 Å². The molecule has 0 radical (unpaired) electrons. The van der Waals surface area contributed by atoms with Crippen LogP contribution in [0.25, 0.3) is 0 Å². The van der Waals surface area contributed by atoms with Crippen LogP contribution in [-0.4, -0.2) is 19.0 Å². The summed E-state index contributed by atoms with van der Waals surface area (Å²) in [6, 6.07) is 0. The Balaban J connectivity index is 2.50. The number of hydrogen-bond donors (Lipinski definition) is 0. The molecule has 1 aliphatic heterocycles. The van der Waals surface area contributed by atoms with Gasteiger partial charge in [0.1, 0.15) is 0 Å². The zero-order valence-corrected chi connectivity index (χ0v) is 11.5. The van der Waals surface area contributed by atoms with Crippen LogP contribution in [0.4, 0.5) is 0 Å². The predicted octanol–water partition coefficient (Wildman–Crippen LogP) is 3.85. The Bertz CT molecular complexity index is 191. The van der Waals surface area contributed by atoms with Crippen molar-refractivity contribution in [1.82, 2.24) is 0 Å². The molecule has 0 saturated carbocycles. The molecular weight excluding hydrogens is 200 g/mol. The Hall–Kier alpha value is -0.0800. The van der Waals surface area contributed by atoms with E-state index in [-0.39, 0.29) is 6.29 Å². The average Bonchev–Trinajstić information content (AvgIpc) is 2.29. The molecule has 1 fully saturated rings. The van der Waals surface area contributed by atoms with Crippen molar-refractivity contribution in [3.63, 3.8) is 0 Å². The van der Waals surface area contributed by atoms with Crippen molar-refractivity contribution >= 4 is 0 Å². The maximum Gasteiger partial charge on any atom is 0.160 e. The van der Waals surface area contributed by atoms with Crippen LogP contribution in [0.1, 0.15) is 53.9 Å². The SMILES string of the molecule is CCCCO[C@H]1OC(CC)[C@H](C)C(C)[C@H]1C. The van der Waals surface area contributed by atoms with Crippen molar-refractivity contribution in [3.8, 4) is 0 Å². The Morgan fingerprint density at radius 1 is 1.00 bits per heavy atom. The van der Waals surface area contributed by atoms with Gasteiger partial charge in [-0.05, 0) is 24.7 Å². The summed E-state index contributed by atoms with van der Waals surface area (Å²) in [5, 5.41) is 0. The van der Waals surface area contributed by atoms with Gasteiger partial charge in [-0.3, -0.25) is 0 Å². The molecule has 1 heterocycles. The number of hydrogen-bond acceptors (Lipinski definition) is 2. The van der Waals surface area contributed by atoms with Gasteiger partial charge < -0.3 is 9.47 Å². The van der Waals surface area contributed by atoms with Gasteiger partial charge >= 0.3 is 0 Å². The molecule has 0 amide bonds. The molecule has 1 aliphatic rings. The third-order valence-electron chi connectivity index (χ3n) is 4.17. The molecule has 16 heavy (non-hydrogen) atoms. The minimum atomic E-state index is 0.0164. The van der Waals surface area contributed by atoms with Crippen LogP contribution in [0.5, 0.6) is 0 Å². The number of unbranched alkanes of at least 4 members (excludes halogenated alkanes) is 1. The van der Waals surface area contributed by atoms with Crippen molar-refractivity contribution in [3.05, 3.63) is 0 Å². The van der Waals surface area contributed by atoms with Gasteiger partial charge in [0.2, 0.25) is 0 Å². The number of ether oxygens (including phenoxy) is 2. The molecule has 0 aromatic rings. The molecule has 2 nitrogen and oxygen atoms in total. The second-order valence-electron chi connectivity index (χ2n) is 5.25. The van der Waals surface area contributed by atoms with Crippen LogP contribution in [0.3, 0.4) is 0 Å². The van der Waals surface area contributed by atoms with E-state index >= 15 is 0 Å². The molecule has 0 aliphatic carbocycles. The average molecular weight is 228 g/mol. The molecule has 0 aromatic heterocycles. The molecule has 0 spiro atoms. The standard InChI is InChI=1S/C14H28O2/c1-6-8-9-15-14-12(5)10(3)11(4)13(7-2)16-14/h10-14H,6-9H2,1-5H3/t10?,11-,12-,13?,14+/m1/s1. The van der Waals surface area contributed by atoms with E-state index in [0.29, 0.717) is 23.9 Å². The highest BCUT2D eigenvalue weighted by atomic mass is 16.7. The quantitative estimate of drug-likeness (QED) is 0.665. The van der Waals surface area contributed by atoms with Crippen LogP contribution < -0.4 is 0 Å². The topological polar surface area (TPSA) is 18.5 Å². The largest absolute Gasteiger partial charge is 0.352 e. The van der Waals surface area contributed by atoms with Gasteiger partial charge in [-0.2, -0.15) is 0 Å². The third kappa shape index (κ3) is 3.21. The molecular formula is C14H28O2. The Morgan fingerprint density at radius 2 is 1.69 bits per heavy atom. The monoisotopic (exact) mass is 228 g/mol. The molecule has 1 saturated heterocycles. The first-order valence-corrected chi connectivity index (χ1v) is 6.88. The highest BCUT2D eigenvalue weighted by molar-refractivity contribution is 4.82.